The molecular weight excluding hydrogens is 349 g/mol. The number of carbonyl (C=O) groups is 2. The monoisotopic (exact) mass is 367 g/mol. The number of carbonyl (C=O) groups excluding carboxylic acids is 2. The van der Waals surface area contributed by atoms with Gasteiger partial charge in [0.2, 0.25) is 0 Å². The van der Waals surface area contributed by atoms with Crippen LogP contribution in [0.1, 0.15) is 15.9 Å². The Bertz CT molecular complexity index is 1010. The van der Waals surface area contributed by atoms with Crippen molar-refractivity contribution >= 4 is 22.7 Å². The minimum atomic E-state index is -0.376. The molecule has 0 aliphatic carbocycles. The number of rotatable bonds is 4. The standard InChI is InChI=1S/C20H18FN3O3/c21-14-5-6-18-13(9-14)11-24(19(25)12-27-18)8-7-22-20(26)16-10-23-17-4-2-1-3-15(16)17/h1-6,9-10,23H,7-8,11-12H2,(H,22,26). The molecule has 1 aliphatic rings. The summed E-state index contributed by atoms with van der Waals surface area (Å²) in [6.45, 7) is 0.741. The minimum Gasteiger partial charge on any atom is -0.483 e. The first-order valence-electron chi connectivity index (χ1n) is 8.65. The molecule has 3 aromatic rings. The minimum absolute atomic E-state index is 0.102. The fourth-order valence-corrected chi connectivity index (χ4v) is 3.20. The summed E-state index contributed by atoms with van der Waals surface area (Å²) in [5.41, 5.74) is 2.06. The molecule has 2 aromatic carbocycles. The van der Waals surface area contributed by atoms with Crippen LogP contribution >= 0.6 is 0 Å². The van der Waals surface area contributed by atoms with Crippen molar-refractivity contribution in [3.05, 3.63) is 65.6 Å². The molecule has 0 unspecified atom stereocenters. The Labute approximate surface area is 154 Å². The molecule has 2 amide bonds. The molecule has 0 atom stereocenters. The van der Waals surface area contributed by atoms with Gasteiger partial charge in [0.25, 0.3) is 11.8 Å². The summed E-state index contributed by atoms with van der Waals surface area (Å²) >= 11 is 0. The van der Waals surface area contributed by atoms with E-state index >= 15 is 0 Å². The molecule has 0 saturated heterocycles. The van der Waals surface area contributed by atoms with E-state index in [1.165, 1.54) is 18.2 Å². The maximum Gasteiger partial charge on any atom is 0.260 e. The molecule has 0 fully saturated rings. The van der Waals surface area contributed by atoms with Gasteiger partial charge in [0.05, 0.1) is 5.56 Å². The molecule has 2 heterocycles. The summed E-state index contributed by atoms with van der Waals surface area (Å²) in [6, 6.07) is 11.8. The average Bonchev–Trinajstić information content (AvgIpc) is 3.03. The summed E-state index contributed by atoms with van der Waals surface area (Å²) in [5.74, 6) is -0.278. The number of amides is 2. The van der Waals surface area contributed by atoms with E-state index in [1.54, 1.807) is 11.1 Å². The van der Waals surface area contributed by atoms with Gasteiger partial charge in [-0.15, -0.1) is 0 Å². The Balaban J connectivity index is 1.40. The molecule has 7 heteroatoms. The van der Waals surface area contributed by atoms with Gasteiger partial charge in [-0.3, -0.25) is 9.59 Å². The van der Waals surface area contributed by atoms with E-state index in [0.29, 0.717) is 23.4 Å². The third-order valence-electron chi connectivity index (χ3n) is 4.59. The molecule has 0 spiro atoms. The number of hydrogen-bond acceptors (Lipinski definition) is 3. The van der Waals surface area contributed by atoms with Gasteiger partial charge >= 0.3 is 0 Å². The van der Waals surface area contributed by atoms with Crippen molar-refractivity contribution in [2.75, 3.05) is 19.7 Å². The Morgan fingerprint density at radius 3 is 3.00 bits per heavy atom. The van der Waals surface area contributed by atoms with E-state index in [-0.39, 0.29) is 37.3 Å². The number of H-pyrrole nitrogens is 1. The normalized spacial score (nSPS) is 13.8. The number of nitrogens with zero attached hydrogens (tertiary/aromatic N) is 1. The molecule has 0 saturated carbocycles. The number of aromatic amines is 1. The quantitative estimate of drug-likeness (QED) is 0.744. The van der Waals surface area contributed by atoms with Crippen LogP contribution in [0.2, 0.25) is 0 Å². The van der Waals surface area contributed by atoms with E-state index in [4.69, 9.17) is 4.74 Å². The predicted molar refractivity (Wildman–Crippen MR) is 97.9 cm³/mol. The van der Waals surface area contributed by atoms with Crippen LogP contribution in [0.4, 0.5) is 4.39 Å². The first-order valence-corrected chi connectivity index (χ1v) is 8.65. The third-order valence-corrected chi connectivity index (χ3v) is 4.59. The second kappa shape index (κ2) is 7.11. The van der Waals surface area contributed by atoms with Gasteiger partial charge in [-0.1, -0.05) is 18.2 Å². The van der Waals surface area contributed by atoms with Crippen LogP contribution in [0.3, 0.4) is 0 Å². The van der Waals surface area contributed by atoms with Gasteiger partial charge in [-0.05, 0) is 24.3 Å². The van der Waals surface area contributed by atoms with Crippen LogP contribution in [-0.4, -0.2) is 41.4 Å². The van der Waals surface area contributed by atoms with Crippen LogP contribution in [0.5, 0.6) is 5.75 Å². The second-order valence-corrected chi connectivity index (χ2v) is 6.36. The Morgan fingerprint density at radius 2 is 2.11 bits per heavy atom. The topological polar surface area (TPSA) is 74.4 Å². The second-order valence-electron chi connectivity index (χ2n) is 6.36. The lowest BCUT2D eigenvalue weighted by atomic mass is 10.1. The van der Waals surface area contributed by atoms with Crippen molar-refractivity contribution in [1.29, 1.82) is 0 Å². The van der Waals surface area contributed by atoms with Gasteiger partial charge in [0, 0.05) is 42.3 Å². The lowest BCUT2D eigenvalue weighted by Gasteiger charge is -2.20. The van der Waals surface area contributed by atoms with Crippen LogP contribution < -0.4 is 10.1 Å². The van der Waals surface area contributed by atoms with Gasteiger partial charge in [-0.25, -0.2) is 4.39 Å². The average molecular weight is 367 g/mol. The number of fused-ring (bicyclic) bond motifs is 2. The molecule has 27 heavy (non-hydrogen) atoms. The van der Waals surface area contributed by atoms with Crippen molar-refractivity contribution in [1.82, 2.24) is 15.2 Å². The fraction of sp³-hybridized carbons (Fsp3) is 0.200. The van der Waals surface area contributed by atoms with Gasteiger partial charge in [0.15, 0.2) is 6.61 Å². The molecular formula is C20H18FN3O3. The maximum atomic E-state index is 13.5. The summed E-state index contributed by atoms with van der Waals surface area (Å²) in [7, 11) is 0. The lowest BCUT2D eigenvalue weighted by molar-refractivity contribution is -0.133. The highest BCUT2D eigenvalue weighted by Gasteiger charge is 2.22. The van der Waals surface area contributed by atoms with Gasteiger partial charge in [-0.2, -0.15) is 0 Å². The van der Waals surface area contributed by atoms with E-state index in [9.17, 15) is 14.0 Å². The Morgan fingerprint density at radius 1 is 1.26 bits per heavy atom. The fourth-order valence-electron chi connectivity index (χ4n) is 3.20. The van der Waals surface area contributed by atoms with Crippen molar-refractivity contribution in [2.45, 2.75) is 6.54 Å². The number of aromatic nitrogens is 1. The molecule has 0 radical (unpaired) electrons. The van der Waals surface area contributed by atoms with Crippen molar-refractivity contribution in [2.24, 2.45) is 0 Å². The molecule has 4 rings (SSSR count). The number of nitrogens with one attached hydrogen (secondary N) is 2. The summed E-state index contributed by atoms with van der Waals surface area (Å²) in [5, 5.41) is 3.68. The highest BCUT2D eigenvalue weighted by Crippen LogP contribution is 2.24. The predicted octanol–water partition coefficient (Wildman–Crippen LogP) is 2.46. The van der Waals surface area contributed by atoms with Crippen LogP contribution in [-0.2, 0) is 11.3 Å². The number of ether oxygens (including phenoxy) is 1. The van der Waals surface area contributed by atoms with Crippen molar-refractivity contribution in [3.8, 4) is 5.75 Å². The lowest BCUT2D eigenvalue weighted by Crippen LogP contribution is -2.39. The van der Waals surface area contributed by atoms with Crippen LogP contribution in [0.15, 0.2) is 48.7 Å². The highest BCUT2D eigenvalue weighted by molar-refractivity contribution is 6.06. The number of para-hydroxylation sites is 1. The highest BCUT2D eigenvalue weighted by atomic mass is 19.1. The SMILES string of the molecule is O=C(NCCN1Cc2cc(F)ccc2OCC1=O)c1c[nH]c2ccccc12. The zero-order valence-corrected chi connectivity index (χ0v) is 14.5. The molecule has 1 aliphatic heterocycles. The smallest absolute Gasteiger partial charge is 0.260 e. The van der Waals surface area contributed by atoms with E-state index in [0.717, 1.165) is 10.9 Å². The zero-order chi connectivity index (χ0) is 18.8. The number of hydrogen-bond donors (Lipinski definition) is 2. The molecule has 6 nitrogen and oxygen atoms in total. The number of halogens is 1. The Kier molecular flexibility index (Phi) is 4.50. The molecule has 1 aromatic heterocycles. The van der Waals surface area contributed by atoms with Crippen LogP contribution in [0.25, 0.3) is 10.9 Å². The van der Waals surface area contributed by atoms with Gasteiger partial charge < -0.3 is 19.9 Å². The Hall–Kier alpha value is -3.35. The zero-order valence-electron chi connectivity index (χ0n) is 14.5. The summed E-state index contributed by atoms with van der Waals surface area (Å²) < 4.78 is 18.9. The summed E-state index contributed by atoms with van der Waals surface area (Å²) in [6.07, 6.45) is 1.67. The molecule has 0 bridgehead atoms. The first-order chi connectivity index (χ1) is 13.1. The van der Waals surface area contributed by atoms with E-state index in [1.807, 2.05) is 24.3 Å². The third kappa shape index (κ3) is 3.48. The van der Waals surface area contributed by atoms with Crippen molar-refractivity contribution < 1.29 is 18.7 Å². The molecule has 138 valence electrons. The number of benzene rings is 2. The summed E-state index contributed by atoms with van der Waals surface area (Å²) in [4.78, 5) is 29.3. The van der Waals surface area contributed by atoms with Gasteiger partial charge in [0.1, 0.15) is 11.6 Å². The van der Waals surface area contributed by atoms with E-state index < -0.39 is 0 Å². The van der Waals surface area contributed by atoms with E-state index in [2.05, 4.69) is 10.3 Å². The molecule has 2 N–H and O–H groups in total. The maximum absolute atomic E-state index is 13.5. The van der Waals surface area contributed by atoms with Crippen molar-refractivity contribution in [3.63, 3.8) is 0 Å². The first kappa shape index (κ1) is 17.1. The largest absolute Gasteiger partial charge is 0.483 e. The van der Waals surface area contributed by atoms with Crippen LogP contribution in [0, 0.1) is 5.82 Å².